The minimum absolute atomic E-state index is 0.160. The van der Waals surface area contributed by atoms with Gasteiger partial charge in [0.2, 0.25) is 5.91 Å². The Bertz CT molecular complexity index is 1160. The highest BCUT2D eigenvalue weighted by Gasteiger charge is 2.20. The van der Waals surface area contributed by atoms with E-state index < -0.39 is 0 Å². The van der Waals surface area contributed by atoms with Gasteiger partial charge in [0.15, 0.2) is 16.1 Å². The number of aryl methyl sites for hydroxylation is 1. The summed E-state index contributed by atoms with van der Waals surface area (Å²) in [6.07, 6.45) is 3.43. The molecule has 0 aliphatic rings. The zero-order valence-electron chi connectivity index (χ0n) is 16.3. The average Bonchev–Trinajstić information content (AvgIpc) is 3.38. The van der Waals surface area contributed by atoms with Crippen molar-refractivity contribution in [2.24, 2.45) is 0 Å². The van der Waals surface area contributed by atoms with Crippen molar-refractivity contribution in [1.29, 1.82) is 0 Å². The van der Waals surface area contributed by atoms with Crippen molar-refractivity contribution < 1.29 is 9.53 Å². The molecule has 30 heavy (non-hydrogen) atoms. The van der Waals surface area contributed by atoms with Gasteiger partial charge in [-0.2, -0.15) is 0 Å². The fraction of sp³-hybridized carbons (Fsp3) is 0.150. The second-order valence-corrected chi connectivity index (χ2v) is 7.99. The summed E-state index contributed by atoms with van der Waals surface area (Å²) < 4.78 is 7.41. The summed E-state index contributed by atoms with van der Waals surface area (Å²) >= 11 is 2.69. The minimum atomic E-state index is -0.160. The Kier molecular flexibility index (Phi) is 6.05. The van der Waals surface area contributed by atoms with Crippen molar-refractivity contribution in [3.8, 4) is 22.8 Å². The molecule has 0 atom stereocenters. The van der Waals surface area contributed by atoms with E-state index in [1.165, 1.54) is 23.1 Å². The first-order valence-electron chi connectivity index (χ1n) is 8.99. The number of thiazole rings is 1. The number of aromatic nitrogens is 5. The number of methoxy groups -OCH3 is 1. The van der Waals surface area contributed by atoms with Gasteiger partial charge in [-0.3, -0.25) is 14.3 Å². The SMILES string of the molecule is COc1ccccc1-n1c(SCC(=O)Nc2nc(C)cs2)nnc1-c1cccnc1. The standard InChI is InChI=1S/C20H18N6O2S2/c1-13-11-29-19(22-13)23-17(27)12-30-20-25-24-18(14-6-5-9-21-10-14)26(20)15-7-3-4-8-16(15)28-2/h3-11H,12H2,1-2H3,(H,22,23,27). The Morgan fingerprint density at radius 3 is 2.83 bits per heavy atom. The number of hydrogen-bond acceptors (Lipinski definition) is 8. The highest BCUT2D eigenvalue weighted by molar-refractivity contribution is 7.99. The first kappa shape index (κ1) is 20.0. The summed E-state index contributed by atoms with van der Waals surface area (Å²) in [6, 6.07) is 11.4. The number of ether oxygens (including phenoxy) is 1. The topological polar surface area (TPSA) is 94.8 Å². The number of rotatable bonds is 7. The molecular formula is C20H18N6O2S2. The predicted octanol–water partition coefficient (Wildman–Crippen LogP) is 3.83. The molecule has 0 radical (unpaired) electrons. The number of benzene rings is 1. The minimum Gasteiger partial charge on any atom is -0.495 e. The molecule has 0 bridgehead atoms. The summed E-state index contributed by atoms with van der Waals surface area (Å²) in [6.45, 7) is 1.89. The number of nitrogens with zero attached hydrogens (tertiary/aromatic N) is 5. The summed E-state index contributed by atoms with van der Waals surface area (Å²) in [5.74, 6) is 1.30. The summed E-state index contributed by atoms with van der Waals surface area (Å²) in [4.78, 5) is 20.8. The molecule has 10 heteroatoms. The number of para-hydroxylation sites is 2. The van der Waals surface area contributed by atoms with Gasteiger partial charge in [-0.05, 0) is 31.2 Å². The largest absolute Gasteiger partial charge is 0.495 e. The second-order valence-electron chi connectivity index (χ2n) is 6.19. The number of pyridine rings is 1. The van der Waals surface area contributed by atoms with Crippen LogP contribution in [0.15, 0.2) is 59.3 Å². The zero-order valence-corrected chi connectivity index (χ0v) is 17.9. The third kappa shape index (κ3) is 4.34. The molecule has 3 aromatic heterocycles. The predicted molar refractivity (Wildman–Crippen MR) is 117 cm³/mol. The molecule has 0 aliphatic heterocycles. The van der Waals surface area contributed by atoms with Crippen LogP contribution >= 0.6 is 23.1 Å². The molecule has 1 N–H and O–H groups in total. The van der Waals surface area contributed by atoms with Crippen LogP contribution in [0.25, 0.3) is 17.1 Å². The smallest absolute Gasteiger partial charge is 0.236 e. The van der Waals surface area contributed by atoms with Crippen LogP contribution in [0.5, 0.6) is 5.75 Å². The van der Waals surface area contributed by atoms with Crippen LogP contribution in [0.4, 0.5) is 5.13 Å². The highest BCUT2D eigenvalue weighted by Crippen LogP contribution is 2.32. The van der Waals surface area contributed by atoms with Crippen LogP contribution in [-0.2, 0) is 4.79 Å². The zero-order chi connectivity index (χ0) is 20.9. The molecular weight excluding hydrogens is 420 g/mol. The maximum atomic E-state index is 12.4. The molecule has 0 saturated carbocycles. The number of anilines is 1. The van der Waals surface area contributed by atoms with Crippen molar-refractivity contribution in [3.05, 3.63) is 59.9 Å². The van der Waals surface area contributed by atoms with E-state index in [1.807, 2.05) is 53.3 Å². The highest BCUT2D eigenvalue weighted by atomic mass is 32.2. The third-order valence-electron chi connectivity index (χ3n) is 4.08. The van der Waals surface area contributed by atoms with E-state index in [4.69, 9.17) is 4.74 Å². The Morgan fingerprint density at radius 2 is 2.10 bits per heavy atom. The fourth-order valence-electron chi connectivity index (χ4n) is 2.77. The van der Waals surface area contributed by atoms with Gasteiger partial charge in [-0.1, -0.05) is 23.9 Å². The Labute approximate surface area is 181 Å². The maximum absolute atomic E-state index is 12.4. The lowest BCUT2D eigenvalue weighted by Gasteiger charge is -2.13. The Morgan fingerprint density at radius 1 is 1.23 bits per heavy atom. The quantitative estimate of drug-likeness (QED) is 0.438. The molecule has 4 rings (SSSR count). The molecule has 1 aromatic carbocycles. The van der Waals surface area contributed by atoms with Crippen molar-refractivity contribution in [1.82, 2.24) is 24.7 Å². The number of carbonyl (C=O) groups is 1. The molecule has 3 heterocycles. The van der Waals surface area contributed by atoms with Crippen LogP contribution in [0.1, 0.15) is 5.69 Å². The average molecular weight is 439 g/mol. The molecule has 0 spiro atoms. The monoisotopic (exact) mass is 438 g/mol. The third-order valence-corrected chi connectivity index (χ3v) is 5.88. The summed E-state index contributed by atoms with van der Waals surface area (Å²) in [5.41, 5.74) is 2.47. The number of carbonyl (C=O) groups excluding carboxylic acids is 1. The van der Waals surface area contributed by atoms with Crippen molar-refractivity contribution >= 4 is 34.1 Å². The lowest BCUT2D eigenvalue weighted by atomic mass is 10.2. The first-order valence-corrected chi connectivity index (χ1v) is 10.9. The molecule has 152 valence electrons. The van der Waals surface area contributed by atoms with E-state index in [0.717, 1.165) is 16.9 Å². The van der Waals surface area contributed by atoms with Gasteiger partial charge < -0.3 is 10.1 Å². The molecule has 0 aliphatic carbocycles. The summed E-state index contributed by atoms with van der Waals surface area (Å²) in [7, 11) is 1.61. The van der Waals surface area contributed by atoms with Crippen molar-refractivity contribution in [2.45, 2.75) is 12.1 Å². The van der Waals surface area contributed by atoms with E-state index in [9.17, 15) is 4.79 Å². The molecule has 4 aromatic rings. The number of thioether (sulfide) groups is 1. The first-order chi connectivity index (χ1) is 14.7. The molecule has 8 nitrogen and oxygen atoms in total. The number of amides is 1. The van der Waals surface area contributed by atoms with E-state index in [1.54, 1.807) is 19.5 Å². The lowest BCUT2D eigenvalue weighted by molar-refractivity contribution is -0.113. The van der Waals surface area contributed by atoms with E-state index in [2.05, 4.69) is 25.5 Å². The Hall–Kier alpha value is -3.24. The van der Waals surface area contributed by atoms with E-state index >= 15 is 0 Å². The van der Waals surface area contributed by atoms with Gasteiger partial charge in [0, 0.05) is 23.3 Å². The molecule has 1 amide bonds. The fourth-order valence-corrected chi connectivity index (χ4v) is 4.22. The van der Waals surface area contributed by atoms with Gasteiger partial charge >= 0.3 is 0 Å². The van der Waals surface area contributed by atoms with E-state index in [-0.39, 0.29) is 11.7 Å². The molecule has 0 unspecified atom stereocenters. The summed E-state index contributed by atoms with van der Waals surface area (Å²) in [5, 5.41) is 14.5. The van der Waals surface area contributed by atoms with Crippen LogP contribution in [0.3, 0.4) is 0 Å². The Balaban J connectivity index is 1.64. The molecule has 0 fully saturated rings. The van der Waals surface area contributed by atoms with Crippen LogP contribution < -0.4 is 10.1 Å². The second kappa shape index (κ2) is 9.06. The van der Waals surface area contributed by atoms with Gasteiger partial charge in [0.1, 0.15) is 5.75 Å². The van der Waals surface area contributed by atoms with Gasteiger partial charge in [0.05, 0.1) is 24.2 Å². The van der Waals surface area contributed by atoms with Crippen LogP contribution in [-0.4, -0.2) is 43.5 Å². The van der Waals surface area contributed by atoms with Crippen molar-refractivity contribution in [3.63, 3.8) is 0 Å². The van der Waals surface area contributed by atoms with Crippen molar-refractivity contribution in [2.75, 3.05) is 18.2 Å². The molecule has 0 saturated heterocycles. The number of nitrogens with one attached hydrogen (secondary N) is 1. The maximum Gasteiger partial charge on any atom is 0.236 e. The van der Waals surface area contributed by atoms with Gasteiger partial charge in [0.25, 0.3) is 0 Å². The van der Waals surface area contributed by atoms with E-state index in [0.29, 0.717) is 21.9 Å². The normalized spacial score (nSPS) is 10.7. The van der Waals surface area contributed by atoms with Gasteiger partial charge in [-0.25, -0.2) is 4.98 Å². The number of hydrogen-bond donors (Lipinski definition) is 1. The van der Waals surface area contributed by atoms with Crippen LogP contribution in [0.2, 0.25) is 0 Å². The van der Waals surface area contributed by atoms with Gasteiger partial charge in [-0.15, -0.1) is 21.5 Å². The lowest BCUT2D eigenvalue weighted by Crippen LogP contribution is -2.14. The van der Waals surface area contributed by atoms with Crippen LogP contribution in [0, 0.1) is 6.92 Å².